The molecule has 1 aromatic rings. The Balaban J connectivity index is 0.000001000. The molecule has 0 saturated heterocycles. The van der Waals surface area contributed by atoms with Crippen LogP contribution in [0.15, 0.2) is 50.8 Å². The minimum Gasteiger partial charge on any atom is -0.147 e. The van der Waals surface area contributed by atoms with Crippen LogP contribution in [0.1, 0.15) is 38.3 Å². The van der Waals surface area contributed by atoms with E-state index in [4.69, 9.17) is 0 Å². The number of hydrogen-bond donors (Lipinski definition) is 0. The van der Waals surface area contributed by atoms with E-state index in [1.807, 2.05) is 0 Å². The van der Waals surface area contributed by atoms with Crippen LogP contribution >= 0.6 is 24.8 Å². The van der Waals surface area contributed by atoms with Gasteiger partial charge in [0, 0.05) is 0 Å². The Kier molecular flexibility index (Phi) is 5.70. The summed E-state index contributed by atoms with van der Waals surface area (Å²) in [5, 5.41) is 0. The van der Waals surface area contributed by atoms with Gasteiger partial charge < -0.3 is 0 Å². The Labute approximate surface area is 149 Å². The normalized spacial score (nSPS) is 23.5. The van der Waals surface area contributed by atoms with Crippen LogP contribution in [0.3, 0.4) is 0 Å². The van der Waals surface area contributed by atoms with Crippen molar-refractivity contribution in [2.24, 2.45) is 0 Å². The molecule has 1 atom stereocenters. The van der Waals surface area contributed by atoms with Gasteiger partial charge in [-0.25, -0.2) is 0 Å². The summed E-state index contributed by atoms with van der Waals surface area (Å²) in [7, 11) is 0. The second kappa shape index (κ2) is 6.34. The van der Waals surface area contributed by atoms with Gasteiger partial charge in [0.25, 0.3) is 0 Å². The van der Waals surface area contributed by atoms with Crippen molar-refractivity contribution in [3.05, 3.63) is 62.0 Å². The van der Waals surface area contributed by atoms with Crippen molar-refractivity contribution in [3.8, 4) is 0 Å². The van der Waals surface area contributed by atoms with Crippen LogP contribution in [-0.2, 0) is 30.1 Å². The average molecular weight is 385 g/mol. The van der Waals surface area contributed by atoms with Gasteiger partial charge in [-0.05, 0) is 0 Å². The molecule has 2 aliphatic carbocycles. The molecule has 3 rings (SSSR count). The standard InChI is InChI=1S/C17H17.2ClH.Zr/c1-12-13(2)17(3,14-8-4-5-9-14)16-11-7-6-10-15(12)16;;;/h4,6-8,10-11H,5H2,1-3H3;2*1H;. The first-order valence-electron chi connectivity index (χ1n) is 6.46. The minimum absolute atomic E-state index is 0. The zero-order valence-electron chi connectivity index (χ0n) is 12.0. The third-order valence-corrected chi connectivity index (χ3v) is 5.82. The van der Waals surface area contributed by atoms with Crippen molar-refractivity contribution in [2.75, 3.05) is 0 Å². The first-order chi connectivity index (χ1) is 8.56. The van der Waals surface area contributed by atoms with Crippen LogP contribution in [-0.4, -0.2) is 0 Å². The Morgan fingerprint density at radius 1 is 1.10 bits per heavy atom. The van der Waals surface area contributed by atoms with Crippen molar-refractivity contribution in [2.45, 2.75) is 32.6 Å². The Bertz CT molecular complexity index is 626. The molecule has 0 heterocycles. The number of allylic oxidation sites excluding steroid dienone is 6. The van der Waals surface area contributed by atoms with Crippen molar-refractivity contribution in [1.82, 2.24) is 0 Å². The summed E-state index contributed by atoms with van der Waals surface area (Å²) in [6.07, 6.45) is 5.81. The van der Waals surface area contributed by atoms with Crippen LogP contribution in [0, 0.1) is 0 Å². The molecule has 0 radical (unpaired) electrons. The summed E-state index contributed by atoms with van der Waals surface area (Å²) in [6, 6.07) is 8.89. The molecular weight excluding hydrogens is 366 g/mol. The third-order valence-electron chi connectivity index (χ3n) is 4.65. The summed E-state index contributed by atoms with van der Waals surface area (Å²) in [5.74, 6) is 0. The predicted octanol–water partition coefficient (Wildman–Crippen LogP) is 5.36. The Morgan fingerprint density at radius 2 is 1.75 bits per heavy atom. The summed E-state index contributed by atoms with van der Waals surface area (Å²) < 4.78 is 1.61. The second-order valence-corrected chi connectivity index (χ2v) is 6.90. The van der Waals surface area contributed by atoms with Gasteiger partial charge in [0.05, 0.1) is 0 Å². The predicted molar refractivity (Wildman–Crippen MR) is 87.3 cm³/mol. The van der Waals surface area contributed by atoms with Gasteiger partial charge in [-0.1, -0.05) is 0 Å². The molecular formula is C17H19Cl2Zr. The molecule has 0 fully saturated rings. The summed E-state index contributed by atoms with van der Waals surface area (Å²) in [4.78, 5) is 0. The maximum absolute atomic E-state index is 2.40. The molecule has 0 bridgehead atoms. The summed E-state index contributed by atoms with van der Waals surface area (Å²) in [5.41, 5.74) is 7.56. The van der Waals surface area contributed by atoms with Crippen LogP contribution in [0.5, 0.6) is 0 Å². The number of fused-ring (bicyclic) bond motifs is 1. The van der Waals surface area contributed by atoms with E-state index in [0.29, 0.717) is 0 Å². The van der Waals surface area contributed by atoms with Crippen molar-refractivity contribution >= 4 is 30.4 Å². The van der Waals surface area contributed by atoms with E-state index in [1.165, 1.54) is 22.3 Å². The van der Waals surface area contributed by atoms with Gasteiger partial charge in [0.1, 0.15) is 0 Å². The number of halogens is 2. The van der Waals surface area contributed by atoms with Crippen LogP contribution in [0.25, 0.3) is 5.57 Å². The second-order valence-electron chi connectivity index (χ2n) is 5.42. The molecule has 0 amide bonds. The Morgan fingerprint density at radius 3 is 2.35 bits per heavy atom. The molecule has 0 spiro atoms. The molecule has 20 heavy (non-hydrogen) atoms. The van der Waals surface area contributed by atoms with Crippen LogP contribution < -0.4 is 0 Å². The molecule has 105 valence electrons. The van der Waals surface area contributed by atoms with Gasteiger partial charge in [-0.2, -0.15) is 0 Å². The van der Waals surface area contributed by atoms with E-state index in [0.717, 1.165) is 6.42 Å². The fraction of sp³-hybridized carbons (Fsp3) is 0.294. The first kappa shape index (κ1) is 18.0. The topological polar surface area (TPSA) is 0 Å². The molecule has 1 unspecified atom stereocenters. The maximum Gasteiger partial charge on any atom is -0.147 e. The van der Waals surface area contributed by atoms with Gasteiger partial charge in [0.2, 0.25) is 0 Å². The monoisotopic (exact) mass is 383 g/mol. The molecule has 0 aromatic heterocycles. The fourth-order valence-electron chi connectivity index (χ4n) is 3.35. The van der Waals surface area contributed by atoms with E-state index in [1.54, 1.807) is 33.6 Å². The average Bonchev–Trinajstić information content (AvgIpc) is 2.89. The molecule has 2 aliphatic rings. The van der Waals surface area contributed by atoms with Crippen LogP contribution in [0.2, 0.25) is 0 Å². The van der Waals surface area contributed by atoms with Gasteiger partial charge in [-0.15, -0.1) is 24.8 Å². The van der Waals surface area contributed by atoms with E-state index in [9.17, 15) is 0 Å². The molecule has 0 saturated carbocycles. The number of rotatable bonds is 1. The van der Waals surface area contributed by atoms with E-state index < -0.39 is 0 Å². The molecule has 1 aromatic carbocycles. The van der Waals surface area contributed by atoms with Crippen molar-refractivity contribution in [3.63, 3.8) is 0 Å². The quantitative estimate of drug-likeness (QED) is 0.611. The summed E-state index contributed by atoms with van der Waals surface area (Å²) >= 11 is 1.56. The third kappa shape index (κ3) is 2.33. The largest absolute Gasteiger partial charge is 0.147 e. The fourth-order valence-corrected chi connectivity index (χ4v) is 4.45. The Hall–Kier alpha value is -0.0969. The molecule has 0 N–H and O–H groups in total. The van der Waals surface area contributed by atoms with E-state index in [-0.39, 0.29) is 30.2 Å². The SMILES string of the molecule is CC1=C(C)C(C)(C2=[C]([Zr])CC=C2)c2ccccc21.Cl.Cl. The van der Waals surface area contributed by atoms with Gasteiger partial charge in [-0.3, -0.25) is 0 Å². The maximum atomic E-state index is 2.40. The first-order valence-corrected chi connectivity index (χ1v) is 7.69. The van der Waals surface area contributed by atoms with Gasteiger partial charge in [0.15, 0.2) is 0 Å². The minimum atomic E-state index is 0. The van der Waals surface area contributed by atoms with Crippen molar-refractivity contribution < 1.29 is 24.7 Å². The molecule has 0 nitrogen and oxygen atoms in total. The van der Waals surface area contributed by atoms with E-state index in [2.05, 4.69) is 57.2 Å². The zero-order valence-corrected chi connectivity index (χ0v) is 16.1. The number of hydrogen-bond acceptors (Lipinski definition) is 0. The number of benzene rings is 1. The smallest absolute Gasteiger partial charge is 0.147 e. The molecule has 3 heteroatoms. The van der Waals surface area contributed by atoms with Crippen LogP contribution in [0.4, 0.5) is 0 Å². The zero-order chi connectivity index (χ0) is 12.9. The molecule has 0 aliphatic heterocycles. The summed E-state index contributed by atoms with van der Waals surface area (Å²) in [6.45, 7) is 6.96. The van der Waals surface area contributed by atoms with Gasteiger partial charge >= 0.3 is 125 Å². The van der Waals surface area contributed by atoms with E-state index >= 15 is 0 Å². The van der Waals surface area contributed by atoms with Crippen molar-refractivity contribution in [1.29, 1.82) is 0 Å².